The summed E-state index contributed by atoms with van der Waals surface area (Å²) in [7, 11) is 0. The molecule has 0 bridgehead atoms. The van der Waals surface area contributed by atoms with Gasteiger partial charge in [-0.05, 0) is 36.5 Å². The fraction of sp³-hybridized carbons (Fsp3) is 0.318. The molecule has 164 valence electrons. The molecular formula is C22H22F4N4O. The highest BCUT2D eigenvalue weighted by molar-refractivity contribution is 5.89. The highest BCUT2D eigenvalue weighted by Gasteiger charge is 2.49. The van der Waals surface area contributed by atoms with Gasteiger partial charge in [-0.25, -0.2) is 9.82 Å². The third-order valence-electron chi connectivity index (χ3n) is 5.62. The van der Waals surface area contributed by atoms with E-state index in [-0.39, 0.29) is 17.5 Å². The number of alkyl halides is 3. The lowest BCUT2D eigenvalue weighted by Gasteiger charge is -2.26. The van der Waals surface area contributed by atoms with E-state index in [1.165, 1.54) is 6.07 Å². The summed E-state index contributed by atoms with van der Waals surface area (Å²) in [5.41, 5.74) is 7.63. The molecule has 31 heavy (non-hydrogen) atoms. The van der Waals surface area contributed by atoms with Crippen LogP contribution in [-0.2, 0) is 16.8 Å². The van der Waals surface area contributed by atoms with E-state index in [2.05, 4.69) is 10.7 Å². The van der Waals surface area contributed by atoms with E-state index in [0.29, 0.717) is 24.2 Å². The second kappa shape index (κ2) is 7.88. The molecule has 2 aliphatic rings. The normalized spacial score (nSPS) is 20.8. The van der Waals surface area contributed by atoms with Gasteiger partial charge in [0.2, 0.25) is 5.91 Å². The third-order valence-corrected chi connectivity index (χ3v) is 5.62. The summed E-state index contributed by atoms with van der Waals surface area (Å²) in [4.78, 5) is 12.3. The molecule has 0 saturated heterocycles. The summed E-state index contributed by atoms with van der Waals surface area (Å²) >= 11 is 0. The number of hydrazine groups is 1. The number of allylic oxidation sites excluding steroid dienone is 1. The summed E-state index contributed by atoms with van der Waals surface area (Å²) in [5.74, 6) is -1.40. The van der Waals surface area contributed by atoms with Gasteiger partial charge in [0.25, 0.3) is 0 Å². The van der Waals surface area contributed by atoms with E-state index in [0.717, 1.165) is 18.4 Å². The number of primary amides is 1. The number of halogens is 4. The maximum atomic E-state index is 15.8. The first-order valence-electron chi connectivity index (χ1n) is 9.93. The summed E-state index contributed by atoms with van der Waals surface area (Å²) in [5, 5.41) is 3.24. The van der Waals surface area contributed by atoms with Crippen molar-refractivity contribution in [2.45, 2.75) is 31.0 Å². The van der Waals surface area contributed by atoms with E-state index in [4.69, 9.17) is 5.73 Å². The van der Waals surface area contributed by atoms with Crippen LogP contribution >= 0.6 is 0 Å². The molecule has 5 N–H and O–H groups in total. The van der Waals surface area contributed by atoms with Crippen molar-refractivity contribution >= 4 is 11.6 Å². The summed E-state index contributed by atoms with van der Waals surface area (Å²) in [6.45, 7) is 0.680. The molecule has 2 aromatic carbocycles. The molecule has 1 saturated carbocycles. The first-order chi connectivity index (χ1) is 14.7. The van der Waals surface area contributed by atoms with Gasteiger partial charge in [0.15, 0.2) is 5.54 Å². The molecule has 4 rings (SSSR count). The Morgan fingerprint density at radius 3 is 2.45 bits per heavy atom. The monoisotopic (exact) mass is 434 g/mol. The minimum absolute atomic E-state index is 0.200. The van der Waals surface area contributed by atoms with Crippen LogP contribution in [-0.4, -0.2) is 18.6 Å². The van der Waals surface area contributed by atoms with E-state index < -0.39 is 29.1 Å². The highest BCUT2D eigenvalue weighted by Crippen LogP contribution is 2.38. The van der Waals surface area contributed by atoms with Crippen LogP contribution < -0.4 is 21.9 Å². The standard InChI is InChI=1S/C22H22F4N4O/c23-19-15(10-13-4-2-1-3-5-13)17(28-12-14-6-7-14)9-8-16(19)21(20(27)31)11-18(29-30-21)22(24,25)26/h1-5,8-9,11,14,28-30H,6-7,10,12H2,(H2,27,31). The van der Waals surface area contributed by atoms with Gasteiger partial charge in [-0.1, -0.05) is 36.4 Å². The van der Waals surface area contributed by atoms with Crippen LogP contribution in [0.4, 0.5) is 23.2 Å². The lowest BCUT2D eigenvalue weighted by molar-refractivity contribution is -0.123. The SMILES string of the molecule is NC(=O)C1(c2ccc(NCC3CC3)c(Cc3ccccc3)c2F)C=C(C(F)(F)F)NN1. The van der Waals surface area contributed by atoms with Crippen LogP contribution in [0.5, 0.6) is 0 Å². The molecule has 0 aromatic heterocycles. The number of amides is 1. The zero-order valence-corrected chi connectivity index (χ0v) is 16.5. The number of rotatable bonds is 7. The summed E-state index contributed by atoms with van der Waals surface area (Å²) < 4.78 is 55.3. The fourth-order valence-corrected chi connectivity index (χ4v) is 3.66. The second-order valence-electron chi connectivity index (χ2n) is 7.92. The Bertz CT molecular complexity index is 1020. The summed E-state index contributed by atoms with van der Waals surface area (Å²) in [6, 6.07) is 12.0. The Labute approximate surface area is 176 Å². The second-order valence-corrected chi connectivity index (χ2v) is 7.92. The Kier molecular flexibility index (Phi) is 5.38. The number of hydrogen-bond acceptors (Lipinski definition) is 4. The van der Waals surface area contributed by atoms with Gasteiger partial charge in [-0.3, -0.25) is 4.79 Å². The van der Waals surface area contributed by atoms with Crippen molar-refractivity contribution < 1.29 is 22.4 Å². The smallest absolute Gasteiger partial charge is 0.384 e. The first kappa shape index (κ1) is 21.2. The molecule has 1 amide bonds. The van der Waals surface area contributed by atoms with E-state index in [9.17, 15) is 18.0 Å². The van der Waals surface area contributed by atoms with Gasteiger partial charge in [0.05, 0.1) is 0 Å². The van der Waals surface area contributed by atoms with Crippen molar-refractivity contribution in [1.29, 1.82) is 0 Å². The molecule has 0 spiro atoms. The van der Waals surface area contributed by atoms with Crippen molar-refractivity contribution in [3.05, 3.63) is 76.7 Å². The van der Waals surface area contributed by atoms with Crippen LogP contribution in [0.25, 0.3) is 0 Å². The first-order valence-corrected chi connectivity index (χ1v) is 9.93. The molecule has 1 unspecified atom stereocenters. The van der Waals surface area contributed by atoms with Crippen LogP contribution in [0.1, 0.15) is 29.5 Å². The third kappa shape index (κ3) is 4.23. The van der Waals surface area contributed by atoms with Gasteiger partial charge in [-0.15, -0.1) is 0 Å². The molecule has 5 nitrogen and oxygen atoms in total. The lowest BCUT2D eigenvalue weighted by Crippen LogP contribution is -2.52. The molecule has 1 fully saturated rings. The average Bonchev–Trinajstić information content (AvgIpc) is 3.43. The van der Waals surface area contributed by atoms with Crippen molar-refractivity contribution in [2.24, 2.45) is 11.7 Å². The minimum Gasteiger partial charge on any atom is -0.384 e. The average molecular weight is 434 g/mol. The highest BCUT2D eigenvalue weighted by atomic mass is 19.4. The molecular weight excluding hydrogens is 412 g/mol. The zero-order valence-electron chi connectivity index (χ0n) is 16.5. The van der Waals surface area contributed by atoms with Gasteiger partial charge in [0.1, 0.15) is 11.5 Å². The van der Waals surface area contributed by atoms with Gasteiger partial charge >= 0.3 is 6.18 Å². The number of carbonyl (C=O) groups excluding carboxylic acids is 1. The maximum absolute atomic E-state index is 15.8. The van der Waals surface area contributed by atoms with Crippen LogP contribution in [0.3, 0.4) is 0 Å². The Hall–Kier alpha value is -3.07. The minimum atomic E-state index is -4.75. The Morgan fingerprint density at radius 2 is 1.87 bits per heavy atom. The molecule has 1 atom stereocenters. The maximum Gasteiger partial charge on any atom is 0.432 e. The number of carbonyl (C=O) groups is 1. The predicted octanol–water partition coefficient (Wildman–Crippen LogP) is 3.47. The Morgan fingerprint density at radius 1 is 1.16 bits per heavy atom. The topological polar surface area (TPSA) is 79.2 Å². The number of nitrogens with two attached hydrogens (primary N) is 1. The zero-order chi connectivity index (χ0) is 22.2. The number of anilines is 1. The Balaban J connectivity index is 1.79. The quantitative estimate of drug-likeness (QED) is 0.504. The molecule has 2 aromatic rings. The largest absolute Gasteiger partial charge is 0.432 e. The molecule has 0 radical (unpaired) electrons. The van der Waals surface area contributed by atoms with E-state index in [1.807, 2.05) is 35.8 Å². The van der Waals surface area contributed by atoms with Crippen molar-refractivity contribution in [2.75, 3.05) is 11.9 Å². The predicted molar refractivity (Wildman–Crippen MR) is 108 cm³/mol. The lowest BCUT2D eigenvalue weighted by atomic mass is 9.86. The summed E-state index contributed by atoms with van der Waals surface area (Å²) in [6.07, 6.45) is -1.75. The van der Waals surface area contributed by atoms with E-state index in [1.54, 1.807) is 6.07 Å². The van der Waals surface area contributed by atoms with Crippen molar-refractivity contribution in [3.63, 3.8) is 0 Å². The van der Waals surface area contributed by atoms with Gasteiger partial charge in [0, 0.05) is 29.8 Å². The molecule has 1 aliphatic carbocycles. The fourth-order valence-electron chi connectivity index (χ4n) is 3.66. The number of benzene rings is 2. The molecule has 9 heteroatoms. The van der Waals surface area contributed by atoms with Gasteiger partial charge in [-0.2, -0.15) is 13.2 Å². The number of hydrogen-bond donors (Lipinski definition) is 4. The van der Waals surface area contributed by atoms with Gasteiger partial charge < -0.3 is 16.5 Å². The van der Waals surface area contributed by atoms with Crippen LogP contribution in [0, 0.1) is 11.7 Å². The molecule has 1 aliphatic heterocycles. The van der Waals surface area contributed by atoms with E-state index >= 15 is 4.39 Å². The van der Waals surface area contributed by atoms with Crippen LogP contribution in [0.15, 0.2) is 54.2 Å². The van der Waals surface area contributed by atoms with Crippen molar-refractivity contribution in [1.82, 2.24) is 10.9 Å². The molecule has 1 heterocycles. The van der Waals surface area contributed by atoms with Crippen LogP contribution in [0.2, 0.25) is 0 Å². The van der Waals surface area contributed by atoms with Crippen molar-refractivity contribution in [3.8, 4) is 0 Å². The number of nitrogens with one attached hydrogen (secondary N) is 3.